The fourth-order valence-corrected chi connectivity index (χ4v) is 3.05. The molecule has 112 valence electrons. The highest BCUT2D eigenvalue weighted by Gasteiger charge is 2.21. The fourth-order valence-electron chi connectivity index (χ4n) is 3.05. The standard InChI is InChI=1S/C18H30N2/c1-4-19-13-18-7-5-6-12-20(18)14-16-8-10-17(11-9-16)15(2)3/h8-11,15,18-19H,4-7,12-14H2,1-3H3. The van der Waals surface area contributed by atoms with Crippen molar-refractivity contribution in [2.45, 2.75) is 58.5 Å². The van der Waals surface area contributed by atoms with E-state index in [9.17, 15) is 0 Å². The third-order valence-corrected chi connectivity index (χ3v) is 4.41. The van der Waals surface area contributed by atoms with Crippen LogP contribution in [-0.2, 0) is 6.54 Å². The zero-order valence-electron chi connectivity index (χ0n) is 13.4. The van der Waals surface area contributed by atoms with Gasteiger partial charge in [0, 0.05) is 19.1 Å². The second-order valence-corrected chi connectivity index (χ2v) is 6.32. The lowest BCUT2D eigenvalue weighted by Gasteiger charge is -2.36. The maximum atomic E-state index is 3.52. The lowest BCUT2D eigenvalue weighted by atomic mass is 9.99. The van der Waals surface area contributed by atoms with Gasteiger partial charge in [0.05, 0.1) is 0 Å². The first kappa shape index (κ1) is 15.5. The number of likely N-dealkylation sites (N-methyl/N-ethyl adjacent to an activating group) is 1. The van der Waals surface area contributed by atoms with Crippen LogP contribution in [0.2, 0.25) is 0 Å². The van der Waals surface area contributed by atoms with E-state index >= 15 is 0 Å². The van der Waals surface area contributed by atoms with E-state index in [-0.39, 0.29) is 0 Å². The maximum Gasteiger partial charge on any atom is 0.0237 e. The minimum absolute atomic E-state index is 0.625. The van der Waals surface area contributed by atoms with Crippen LogP contribution in [0.15, 0.2) is 24.3 Å². The molecule has 0 bridgehead atoms. The first-order chi connectivity index (χ1) is 9.70. The summed E-state index contributed by atoms with van der Waals surface area (Å²) in [6.45, 7) is 11.3. The molecule has 1 N–H and O–H groups in total. The number of nitrogens with zero attached hydrogens (tertiary/aromatic N) is 1. The molecule has 1 heterocycles. The van der Waals surface area contributed by atoms with E-state index in [1.165, 1.54) is 36.9 Å². The number of likely N-dealkylation sites (tertiary alicyclic amines) is 1. The zero-order valence-corrected chi connectivity index (χ0v) is 13.4. The third kappa shape index (κ3) is 4.32. The molecule has 2 nitrogen and oxygen atoms in total. The molecule has 0 spiro atoms. The summed E-state index contributed by atoms with van der Waals surface area (Å²) in [6, 6.07) is 9.93. The lowest BCUT2D eigenvalue weighted by Crippen LogP contribution is -2.44. The predicted molar refractivity (Wildman–Crippen MR) is 87.1 cm³/mol. The Bertz CT molecular complexity index is 383. The maximum absolute atomic E-state index is 3.52. The van der Waals surface area contributed by atoms with Gasteiger partial charge in [-0.15, -0.1) is 0 Å². The SMILES string of the molecule is CCNCC1CCCCN1Cc1ccc(C(C)C)cc1. The normalized spacial score (nSPS) is 20.5. The quantitative estimate of drug-likeness (QED) is 0.849. The Balaban J connectivity index is 1.95. The van der Waals surface area contributed by atoms with Crippen molar-refractivity contribution in [2.75, 3.05) is 19.6 Å². The van der Waals surface area contributed by atoms with Crippen LogP contribution in [0, 0.1) is 0 Å². The minimum Gasteiger partial charge on any atom is -0.315 e. The molecule has 0 aliphatic carbocycles. The summed E-state index contributed by atoms with van der Waals surface area (Å²) in [5, 5.41) is 3.52. The molecule has 0 amide bonds. The van der Waals surface area contributed by atoms with Gasteiger partial charge >= 0.3 is 0 Å². The summed E-state index contributed by atoms with van der Waals surface area (Å²) < 4.78 is 0. The molecule has 2 rings (SSSR count). The van der Waals surface area contributed by atoms with Crippen molar-refractivity contribution >= 4 is 0 Å². The molecule has 1 aliphatic heterocycles. The highest BCUT2D eigenvalue weighted by molar-refractivity contribution is 5.24. The van der Waals surface area contributed by atoms with Crippen molar-refractivity contribution in [3.05, 3.63) is 35.4 Å². The van der Waals surface area contributed by atoms with Gasteiger partial charge in [-0.3, -0.25) is 4.90 Å². The van der Waals surface area contributed by atoms with Gasteiger partial charge < -0.3 is 5.32 Å². The van der Waals surface area contributed by atoms with Gasteiger partial charge in [-0.05, 0) is 43.0 Å². The number of piperidine rings is 1. The topological polar surface area (TPSA) is 15.3 Å². The van der Waals surface area contributed by atoms with Gasteiger partial charge in [0.15, 0.2) is 0 Å². The Labute approximate surface area is 124 Å². The van der Waals surface area contributed by atoms with Crippen molar-refractivity contribution in [1.82, 2.24) is 10.2 Å². The molecule has 1 aromatic carbocycles. The van der Waals surface area contributed by atoms with Crippen LogP contribution in [-0.4, -0.2) is 30.6 Å². The van der Waals surface area contributed by atoms with Crippen LogP contribution in [0.4, 0.5) is 0 Å². The van der Waals surface area contributed by atoms with Crippen LogP contribution in [0.3, 0.4) is 0 Å². The summed E-state index contributed by atoms with van der Waals surface area (Å²) in [5.74, 6) is 0.625. The predicted octanol–water partition coefficient (Wildman–Crippen LogP) is 3.77. The van der Waals surface area contributed by atoms with Gasteiger partial charge in [0.25, 0.3) is 0 Å². The average molecular weight is 274 g/mol. The summed E-state index contributed by atoms with van der Waals surface area (Å²) in [5.41, 5.74) is 2.90. The molecular formula is C18H30N2. The number of nitrogens with one attached hydrogen (secondary N) is 1. The van der Waals surface area contributed by atoms with Crippen molar-refractivity contribution < 1.29 is 0 Å². The van der Waals surface area contributed by atoms with Crippen molar-refractivity contribution in [1.29, 1.82) is 0 Å². The second-order valence-electron chi connectivity index (χ2n) is 6.32. The molecule has 1 aliphatic rings. The zero-order chi connectivity index (χ0) is 14.4. The van der Waals surface area contributed by atoms with Crippen LogP contribution in [0.5, 0.6) is 0 Å². The van der Waals surface area contributed by atoms with E-state index < -0.39 is 0 Å². The molecule has 2 heteroatoms. The monoisotopic (exact) mass is 274 g/mol. The van der Waals surface area contributed by atoms with E-state index in [4.69, 9.17) is 0 Å². The summed E-state index contributed by atoms with van der Waals surface area (Å²) in [4.78, 5) is 2.66. The molecule has 1 saturated heterocycles. The third-order valence-electron chi connectivity index (χ3n) is 4.41. The Morgan fingerprint density at radius 1 is 1.20 bits per heavy atom. The summed E-state index contributed by atoms with van der Waals surface area (Å²) in [7, 11) is 0. The van der Waals surface area contributed by atoms with Crippen LogP contribution < -0.4 is 5.32 Å². The van der Waals surface area contributed by atoms with Crippen molar-refractivity contribution in [3.63, 3.8) is 0 Å². The van der Waals surface area contributed by atoms with E-state index in [1.807, 2.05) is 0 Å². The highest BCUT2D eigenvalue weighted by Crippen LogP contribution is 2.21. The number of hydrogen-bond donors (Lipinski definition) is 1. The molecule has 1 aromatic rings. The van der Waals surface area contributed by atoms with Crippen LogP contribution in [0.25, 0.3) is 0 Å². The molecule has 0 radical (unpaired) electrons. The number of benzene rings is 1. The van der Waals surface area contributed by atoms with Crippen LogP contribution >= 0.6 is 0 Å². The van der Waals surface area contributed by atoms with Crippen molar-refractivity contribution in [3.8, 4) is 0 Å². The summed E-state index contributed by atoms with van der Waals surface area (Å²) >= 11 is 0. The number of hydrogen-bond acceptors (Lipinski definition) is 2. The molecule has 1 unspecified atom stereocenters. The van der Waals surface area contributed by atoms with Gasteiger partial charge in [0.1, 0.15) is 0 Å². The molecule has 0 saturated carbocycles. The minimum atomic E-state index is 0.625. The van der Waals surface area contributed by atoms with Gasteiger partial charge in [-0.25, -0.2) is 0 Å². The van der Waals surface area contributed by atoms with Gasteiger partial charge in [0.2, 0.25) is 0 Å². The Kier molecular flexibility index (Phi) is 6.06. The first-order valence-corrected chi connectivity index (χ1v) is 8.24. The van der Waals surface area contributed by atoms with E-state index in [0.717, 1.165) is 19.6 Å². The molecule has 0 aromatic heterocycles. The smallest absolute Gasteiger partial charge is 0.0237 e. The van der Waals surface area contributed by atoms with Gasteiger partial charge in [-0.2, -0.15) is 0 Å². The highest BCUT2D eigenvalue weighted by atomic mass is 15.2. The first-order valence-electron chi connectivity index (χ1n) is 8.24. The fraction of sp³-hybridized carbons (Fsp3) is 0.667. The van der Waals surface area contributed by atoms with Gasteiger partial charge in [-0.1, -0.05) is 51.5 Å². The van der Waals surface area contributed by atoms with E-state index in [0.29, 0.717) is 12.0 Å². The lowest BCUT2D eigenvalue weighted by molar-refractivity contribution is 0.138. The van der Waals surface area contributed by atoms with E-state index in [1.54, 1.807) is 0 Å². The van der Waals surface area contributed by atoms with E-state index in [2.05, 4.69) is 55.3 Å². The largest absolute Gasteiger partial charge is 0.315 e. The van der Waals surface area contributed by atoms with Crippen molar-refractivity contribution in [2.24, 2.45) is 0 Å². The molecule has 1 atom stereocenters. The number of rotatable bonds is 6. The average Bonchev–Trinajstić information content (AvgIpc) is 2.47. The molecule has 1 fully saturated rings. The molecular weight excluding hydrogens is 244 g/mol. The Morgan fingerprint density at radius 3 is 2.60 bits per heavy atom. The Hall–Kier alpha value is -0.860. The summed E-state index contributed by atoms with van der Waals surface area (Å²) in [6.07, 6.45) is 4.09. The molecule has 20 heavy (non-hydrogen) atoms. The van der Waals surface area contributed by atoms with Crippen LogP contribution in [0.1, 0.15) is 57.1 Å². The Morgan fingerprint density at radius 2 is 1.95 bits per heavy atom. The second kappa shape index (κ2) is 7.80.